The highest BCUT2D eigenvalue weighted by molar-refractivity contribution is 5.96. The van der Waals surface area contributed by atoms with Crippen LogP contribution in [-0.2, 0) is 4.74 Å². The maximum absolute atomic E-state index is 12.0. The topological polar surface area (TPSA) is 55.6 Å². The Morgan fingerprint density at radius 1 is 1.33 bits per heavy atom. The molecule has 0 saturated carbocycles. The zero-order chi connectivity index (χ0) is 15.8. The van der Waals surface area contributed by atoms with E-state index in [4.69, 9.17) is 10.5 Å². The molecule has 0 aromatic heterocycles. The first-order valence-corrected chi connectivity index (χ1v) is 7.88. The van der Waals surface area contributed by atoms with Crippen molar-refractivity contribution in [3.63, 3.8) is 0 Å². The first-order valence-electron chi connectivity index (χ1n) is 7.88. The number of hydrogen-bond donors (Lipinski definition) is 1. The van der Waals surface area contributed by atoms with Gasteiger partial charge in [-0.15, -0.1) is 0 Å². The van der Waals surface area contributed by atoms with Gasteiger partial charge in [-0.1, -0.05) is 20.3 Å². The van der Waals surface area contributed by atoms with Crippen molar-refractivity contribution in [3.05, 3.63) is 23.8 Å². The smallest absolute Gasteiger partial charge is 0.340 e. The first-order chi connectivity index (χ1) is 10.0. The molecule has 0 spiro atoms. The van der Waals surface area contributed by atoms with Crippen LogP contribution in [-0.4, -0.2) is 25.2 Å². The van der Waals surface area contributed by atoms with E-state index in [9.17, 15) is 4.79 Å². The molecule has 21 heavy (non-hydrogen) atoms. The van der Waals surface area contributed by atoms with Gasteiger partial charge in [0, 0.05) is 24.0 Å². The van der Waals surface area contributed by atoms with E-state index in [-0.39, 0.29) is 5.97 Å². The lowest BCUT2D eigenvalue weighted by Gasteiger charge is -2.31. The number of nitrogens with zero attached hydrogens (tertiary/aromatic N) is 1. The summed E-state index contributed by atoms with van der Waals surface area (Å²) in [5.74, 6) is -0.351. The summed E-state index contributed by atoms with van der Waals surface area (Å²) in [5.41, 5.74) is 7.87. The van der Waals surface area contributed by atoms with Crippen LogP contribution in [0.4, 0.5) is 11.4 Å². The van der Waals surface area contributed by atoms with Crippen LogP contribution in [0.1, 0.15) is 57.3 Å². The Morgan fingerprint density at radius 3 is 2.62 bits per heavy atom. The second kappa shape index (κ2) is 8.55. The highest BCUT2D eigenvalue weighted by Gasteiger charge is 2.17. The molecule has 1 aromatic rings. The van der Waals surface area contributed by atoms with E-state index in [2.05, 4.69) is 25.7 Å². The van der Waals surface area contributed by atoms with Crippen molar-refractivity contribution < 1.29 is 9.53 Å². The van der Waals surface area contributed by atoms with E-state index < -0.39 is 0 Å². The van der Waals surface area contributed by atoms with Gasteiger partial charge in [-0.2, -0.15) is 0 Å². The maximum Gasteiger partial charge on any atom is 0.340 e. The molecule has 0 aliphatic heterocycles. The average Bonchev–Trinajstić information content (AvgIpc) is 2.48. The van der Waals surface area contributed by atoms with Crippen LogP contribution in [0.2, 0.25) is 0 Å². The minimum atomic E-state index is -0.351. The van der Waals surface area contributed by atoms with E-state index >= 15 is 0 Å². The third-order valence-corrected chi connectivity index (χ3v) is 3.74. The normalized spacial score (nSPS) is 12.0. The van der Waals surface area contributed by atoms with Gasteiger partial charge < -0.3 is 15.4 Å². The van der Waals surface area contributed by atoms with Crippen molar-refractivity contribution in [1.29, 1.82) is 0 Å². The Balaban J connectivity index is 3.08. The number of benzene rings is 1. The number of carbonyl (C=O) groups is 1. The van der Waals surface area contributed by atoms with Crippen LogP contribution in [0, 0.1) is 0 Å². The fraction of sp³-hybridized carbons (Fsp3) is 0.588. The maximum atomic E-state index is 12.0. The highest BCUT2D eigenvalue weighted by Crippen LogP contribution is 2.25. The lowest BCUT2D eigenvalue weighted by molar-refractivity contribution is 0.0527. The van der Waals surface area contributed by atoms with E-state index in [1.54, 1.807) is 13.0 Å². The Morgan fingerprint density at radius 2 is 2.05 bits per heavy atom. The van der Waals surface area contributed by atoms with Crippen LogP contribution in [0.25, 0.3) is 0 Å². The molecule has 0 fully saturated rings. The fourth-order valence-electron chi connectivity index (χ4n) is 2.26. The molecule has 4 heteroatoms. The van der Waals surface area contributed by atoms with Gasteiger partial charge in [0.15, 0.2) is 0 Å². The number of unbranched alkanes of at least 4 members (excludes halogenated alkanes) is 1. The third-order valence-electron chi connectivity index (χ3n) is 3.74. The van der Waals surface area contributed by atoms with Crippen molar-refractivity contribution in [2.45, 2.75) is 53.0 Å². The van der Waals surface area contributed by atoms with Crippen molar-refractivity contribution >= 4 is 17.3 Å². The zero-order valence-electron chi connectivity index (χ0n) is 13.7. The summed E-state index contributed by atoms with van der Waals surface area (Å²) in [4.78, 5) is 14.3. The first kappa shape index (κ1) is 17.3. The molecule has 1 rings (SSSR count). The summed E-state index contributed by atoms with van der Waals surface area (Å²) in [6.07, 6.45) is 3.33. The van der Waals surface area contributed by atoms with Crippen molar-refractivity contribution in [2.24, 2.45) is 0 Å². The number of esters is 1. The lowest BCUT2D eigenvalue weighted by atomic mass is 10.1. The number of carbonyl (C=O) groups excluding carboxylic acids is 1. The number of anilines is 2. The molecular formula is C17H28N2O2. The molecule has 0 heterocycles. The number of rotatable bonds is 8. The van der Waals surface area contributed by atoms with Gasteiger partial charge in [0.05, 0.1) is 12.2 Å². The summed E-state index contributed by atoms with van der Waals surface area (Å²) in [6.45, 7) is 9.70. The largest absolute Gasteiger partial charge is 0.462 e. The molecule has 0 aliphatic rings. The third kappa shape index (κ3) is 4.66. The standard InChI is InChI=1S/C17H28N2O2/c1-5-8-11-19(13(4)6-2)14-9-10-16(18)15(12-14)17(20)21-7-3/h9-10,12-13H,5-8,11,18H2,1-4H3. The second-order valence-electron chi connectivity index (χ2n) is 5.30. The second-order valence-corrected chi connectivity index (χ2v) is 5.30. The Labute approximate surface area is 128 Å². The number of ether oxygens (including phenoxy) is 1. The molecule has 1 aromatic carbocycles. The van der Waals surface area contributed by atoms with Crippen LogP contribution < -0.4 is 10.6 Å². The predicted octanol–water partition coefficient (Wildman–Crippen LogP) is 3.85. The van der Waals surface area contributed by atoms with E-state index in [0.29, 0.717) is 23.9 Å². The summed E-state index contributed by atoms with van der Waals surface area (Å²) in [5, 5.41) is 0. The van der Waals surface area contributed by atoms with Gasteiger partial charge >= 0.3 is 5.97 Å². The lowest BCUT2D eigenvalue weighted by Crippen LogP contribution is -2.33. The molecule has 1 atom stereocenters. The molecule has 0 aliphatic carbocycles. The van der Waals surface area contributed by atoms with Gasteiger partial charge in [-0.05, 0) is 44.9 Å². The quantitative estimate of drug-likeness (QED) is 0.584. The van der Waals surface area contributed by atoms with Crippen molar-refractivity contribution in [2.75, 3.05) is 23.8 Å². The summed E-state index contributed by atoms with van der Waals surface area (Å²) in [6, 6.07) is 6.06. The van der Waals surface area contributed by atoms with Gasteiger partial charge in [-0.25, -0.2) is 4.79 Å². The van der Waals surface area contributed by atoms with Crippen LogP contribution in [0.3, 0.4) is 0 Å². The zero-order valence-corrected chi connectivity index (χ0v) is 13.7. The molecule has 4 nitrogen and oxygen atoms in total. The SMILES string of the molecule is CCCCN(c1ccc(N)c(C(=O)OCC)c1)C(C)CC. The molecule has 0 radical (unpaired) electrons. The van der Waals surface area contributed by atoms with Crippen molar-refractivity contribution in [3.8, 4) is 0 Å². The van der Waals surface area contributed by atoms with Crippen LogP contribution in [0.5, 0.6) is 0 Å². The molecular weight excluding hydrogens is 264 g/mol. The minimum Gasteiger partial charge on any atom is -0.462 e. The number of hydrogen-bond acceptors (Lipinski definition) is 4. The Bertz CT molecular complexity index is 460. The molecule has 0 amide bonds. The van der Waals surface area contributed by atoms with E-state index in [1.165, 1.54) is 0 Å². The highest BCUT2D eigenvalue weighted by atomic mass is 16.5. The van der Waals surface area contributed by atoms with E-state index in [0.717, 1.165) is 31.5 Å². The molecule has 0 bridgehead atoms. The molecule has 1 unspecified atom stereocenters. The summed E-state index contributed by atoms with van der Waals surface area (Å²) in [7, 11) is 0. The van der Waals surface area contributed by atoms with Crippen LogP contribution in [0.15, 0.2) is 18.2 Å². The fourth-order valence-corrected chi connectivity index (χ4v) is 2.26. The molecule has 2 N–H and O–H groups in total. The van der Waals surface area contributed by atoms with Gasteiger partial charge in [0.25, 0.3) is 0 Å². The average molecular weight is 292 g/mol. The van der Waals surface area contributed by atoms with Crippen molar-refractivity contribution in [1.82, 2.24) is 0 Å². The predicted molar refractivity (Wildman–Crippen MR) is 88.8 cm³/mol. The van der Waals surface area contributed by atoms with Gasteiger partial charge in [0.2, 0.25) is 0 Å². The monoisotopic (exact) mass is 292 g/mol. The minimum absolute atomic E-state index is 0.351. The Kier molecular flexibility index (Phi) is 7.06. The Hall–Kier alpha value is -1.71. The number of nitrogen functional groups attached to an aromatic ring is 1. The number of nitrogens with two attached hydrogens (primary N) is 1. The molecule has 118 valence electrons. The van der Waals surface area contributed by atoms with E-state index in [1.807, 2.05) is 12.1 Å². The molecule has 0 saturated heterocycles. The van der Waals surface area contributed by atoms with Gasteiger partial charge in [-0.3, -0.25) is 0 Å². The summed E-state index contributed by atoms with van der Waals surface area (Å²) >= 11 is 0. The summed E-state index contributed by atoms with van der Waals surface area (Å²) < 4.78 is 5.07. The van der Waals surface area contributed by atoms with Gasteiger partial charge in [0.1, 0.15) is 0 Å². The van der Waals surface area contributed by atoms with Crippen LogP contribution >= 0.6 is 0 Å².